The van der Waals surface area contributed by atoms with Crippen LogP contribution in [-0.2, 0) is 6.42 Å². The van der Waals surface area contributed by atoms with E-state index in [2.05, 4.69) is 49.3 Å². The van der Waals surface area contributed by atoms with Crippen LogP contribution in [-0.4, -0.2) is 9.97 Å². The standard InChI is InChI=1S/C17H18N2S2/c1-10-5-6-14(7-11(10)2)17-13(4)21-16(19-17)8-15-18-12(3)9-20-15/h5-7,9H,8H2,1-4H3. The largest absolute Gasteiger partial charge is 0.246 e. The average molecular weight is 314 g/mol. The highest BCUT2D eigenvalue weighted by molar-refractivity contribution is 7.12. The lowest BCUT2D eigenvalue weighted by molar-refractivity contribution is 1.08. The zero-order valence-corrected chi connectivity index (χ0v) is 14.4. The maximum Gasteiger partial charge on any atom is 0.100 e. The first-order valence-electron chi connectivity index (χ1n) is 6.98. The Balaban J connectivity index is 1.92. The molecule has 0 bridgehead atoms. The van der Waals surface area contributed by atoms with Gasteiger partial charge in [-0.3, -0.25) is 0 Å². The molecule has 0 aliphatic rings. The summed E-state index contributed by atoms with van der Waals surface area (Å²) in [7, 11) is 0. The molecule has 0 aliphatic heterocycles. The van der Waals surface area contributed by atoms with Crippen molar-refractivity contribution in [2.75, 3.05) is 0 Å². The molecule has 0 saturated carbocycles. The summed E-state index contributed by atoms with van der Waals surface area (Å²) >= 11 is 3.49. The van der Waals surface area contributed by atoms with Crippen LogP contribution in [0.2, 0.25) is 0 Å². The molecule has 0 fully saturated rings. The molecular formula is C17H18N2S2. The fraction of sp³-hybridized carbons (Fsp3) is 0.294. The highest BCUT2D eigenvalue weighted by Gasteiger charge is 2.12. The van der Waals surface area contributed by atoms with Crippen molar-refractivity contribution in [3.8, 4) is 11.3 Å². The SMILES string of the molecule is Cc1csc(Cc2nc(-c3ccc(C)c(C)c3)c(C)s2)n1. The second-order valence-electron chi connectivity index (χ2n) is 5.37. The summed E-state index contributed by atoms with van der Waals surface area (Å²) in [5.74, 6) is 0. The summed E-state index contributed by atoms with van der Waals surface area (Å²) < 4.78 is 0. The number of aromatic nitrogens is 2. The van der Waals surface area contributed by atoms with Gasteiger partial charge in [-0.1, -0.05) is 12.1 Å². The number of rotatable bonds is 3. The van der Waals surface area contributed by atoms with E-state index in [-0.39, 0.29) is 0 Å². The Bertz CT molecular complexity index is 784. The minimum absolute atomic E-state index is 0.842. The summed E-state index contributed by atoms with van der Waals surface area (Å²) in [5, 5.41) is 4.39. The van der Waals surface area contributed by atoms with E-state index in [0.29, 0.717) is 0 Å². The fourth-order valence-corrected chi connectivity index (χ4v) is 4.12. The van der Waals surface area contributed by atoms with Gasteiger partial charge in [-0.25, -0.2) is 9.97 Å². The fourth-order valence-electron chi connectivity index (χ4n) is 2.30. The zero-order valence-electron chi connectivity index (χ0n) is 12.7. The molecule has 108 valence electrons. The Morgan fingerprint density at radius 1 is 0.952 bits per heavy atom. The second-order valence-corrected chi connectivity index (χ2v) is 7.60. The van der Waals surface area contributed by atoms with Crippen molar-refractivity contribution in [1.29, 1.82) is 0 Å². The second kappa shape index (κ2) is 5.70. The van der Waals surface area contributed by atoms with Crippen LogP contribution < -0.4 is 0 Å². The van der Waals surface area contributed by atoms with Crippen LogP contribution >= 0.6 is 22.7 Å². The Kier molecular flexibility index (Phi) is 3.91. The molecular weight excluding hydrogens is 296 g/mol. The predicted octanol–water partition coefficient (Wildman–Crippen LogP) is 5.09. The van der Waals surface area contributed by atoms with E-state index in [4.69, 9.17) is 4.98 Å². The summed E-state index contributed by atoms with van der Waals surface area (Å²) in [6.07, 6.45) is 0.842. The van der Waals surface area contributed by atoms with Gasteiger partial charge in [-0.05, 0) is 44.9 Å². The van der Waals surface area contributed by atoms with Gasteiger partial charge in [0, 0.05) is 21.5 Å². The molecule has 3 aromatic rings. The van der Waals surface area contributed by atoms with Crippen molar-refractivity contribution in [3.63, 3.8) is 0 Å². The molecule has 0 spiro atoms. The molecule has 0 radical (unpaired) electrons. The number of hydrogen-bond donors (Lipinski definition) is 0. The van der Waals surface area contributed by atoms with Crippen molar-refractivity contribution in [2.45, 2.75) is 34.1 Å². The van der Waals surface area contributed by atoms with Gasteiger partial charge in [0.1, 0.15) is 5.01 Å². The number of benzene rings is 1. The Morgan fingerprint density at radius 2 is 1.76 bits per heavy atom. The predicted molar refractivity (Wildman–Crippen MR) is 91.4 cm³/mol. The number of thiazole rings is 2. The molecule has 4 heteroatoms. The van der Waals surface area contributed by atoms with E-state index < -0.39 is 0 Å². The third-order valence-corrected chi connectivity index (χ3v) is 5.53. The number of hydrogen-bond acceptors (Lipinski definition) is 4. The molecule has 1 aromatic carbocycles. The topological polar surface area (TPSA) is 25.8 Å². The Hall–Kier alpha value is -1.52. The van der Waals surface area contributed by atoms with Crippen molar-refractivity contribution in [1.82, 2.24) is 9.97 Å². The zero-order chi connectivity index (χ0) is 15.0. The third kappa shape index (κ3) is 3.06. The van der Waals surface area contributed by atoms with Gasteiger partial charge in [0.25, 0.3) is 0 Å². The number of nitrogens with zero attached hydrogens (tertiary/aromatic N) is 2. The van der Waals surface area contributed by atoms with E-state index >= 15 is 0 Å². The van der Waals surface area contributed by atoms with Crippen LogP contribution in [0.3, 0.4) is 0 Å². The van der Waals surface area contributed by atoms with E-state index in [1.165, 1.54) is 21.6 Å². The molecule has 0 N–H and O–H groups in total. The maximum atomic E-state index is 4.84. The molecule has 3 rings (SSSR count). The van der Waals surface area contributed by atoms with Crippen LogP contribution in [0.25, 0.3) is 11.3 Å². The van der Waals surface area contributed by atoms with E-state index in [9.17, 15) is 0 Å². The monoisotopic (exact) mass is 314 g/mol. The van der Waals surface area contributed by atoms with Crippen LogP contribution in [0.4, 0.5) is 0 Å². The number of aryl methyl sites for hydroxylation is 4. The van der Waals surface area contributed by atoms with Crippen LogP contribution in [0.5, 0.6) is 0 Å². The van der Waals surface area contributed by atoms with Crippen molar-refractivity contribution in [2.24, 2.45) is 0 Å². The molecule has 0 unspecified atom stereocenters. The van der Waals surface area contributed by atoms with Crippen LogP contribution in [0.15, 0.2) is 23.6 Å². The van der Waals surface area contributed by atoms with Gasteiger partial charge in [0.15, 0.2) is 0 Å². The lowest BCUT2D eigenvalue weighted by Gasteiger charge is -2.03. The first-order chi connectivity index (χ1) is 10.0. The average Bonchev–Trinajstić information content (AvgIpc) is 3.00. The summed E-state index contributed by atoms with van der Waals surface area (Å²) in [6.45, 7) is 8.48. The van der Waals surface area contributed by atoms with Crippen molar-refractivity contribution in [3.05, 3.63) is 55.3 Å². The first kappa shape index (κ1) is 14.4. The molecule has 2 aromatic heterocycles. The third-order valence-electron chi connectivity index (χ3n) is 3.59. The minimum atomic E-state index is 0.842. The van der Waals surface area contributed by atoms with Gasteiger partial charge in [-0.15, -0.1) is 22.7 Å². The summed E-state index contributed by atoms with van der Waals surface area (Å²) in [5.41, 5.74) is 6.07. The molecule has 0 aliphatic carbocycles. The quantitative estimate of drug-likeness (QED) is 0.673. The van der Waals surface area contributed by atoms with Gasteiger partial charge < -0.3 is 0 Å². The van der Waals surface area contributed by atoms with Crippen molar-refractivity contribution < 1.29 is 0 Å². The highest BCUT2D eigenvalue weighted by Crippen LogP contribution is 2.30. The molecule has 0 atom stereocenters. The smallest absolute Gasteiger partial charge is 0.100 e. The van der Waals surface area contributed by atoms with E-state index in [1.54, 1.807) is 22.7 Å². The normalized spacial score (nSPS) is 11.0. The van der Waals surface area contributed by atoms with Gasteiger partial charge in [0.2, 0.25) is 0 Å². The van der Waals surface area contributed by atoms with E-state index in [1.807, 2.05) is 6.92 Å². The lowest BCUT2D eigenvalue weighted by atomic mass is 10.0. The van der Waals surface area contributed by atoms with Gasteiger partial charge in [-0.2, -0.15) is 0 Å². The lowest BCUT2D eigenvalue weighted by Crippen LogP contribution is -1.88. The molecule has 0 saturated heterocycles. The van der Waals surface area contributed by atoms with Crippen LogP contribution in [0.1, 0.15) is 31.7 Å². The molecule has 2 nitrogen and oxygen atoms in total. The summed E-state index contributed by atoms with van der Waals surface area (Å²) in [6, 6.07) is 6.57. The van der Waals surface area contributed by atoms with Crippen LogP contribution in [0, 0.1) is 27.7 Å². The first-order valence-corrected chi connectivity index (χ1v) is 8.67. The highest BCUT2D eigenvalue weighted by atomic mass is 32.1. The molecule has 2 heterocycles. The van der Waals surface area contributed by atoms with Gasteiger partial charge >= 0.3 is 0 Å². The molecule has 21 heavy (non-hydrogen) atoms. The Morgan fingerprint density at radius 3 is 2.43 bits per heavy atom. The van der Waals surface area contributed by atoms with Crippen molar-refractivity contribution >= 4 is 22.7 Å². The minimum Gasteiger partial charge on any atom is -0.246 e. The molecule has 0 amide bonds. The van der Waals surface area contributed by atoms with Gasteiger partial charge in [0.05, 0.1) is 17.1 Å². The maximum absolute atomic E-state index is 4.84. The Labute approximate surface area is 133 Å². The summed E-state index contributed by atoms with van der Waals surface area (Å²) in [4.78, 5) is 10.6. The van der Waals surface area contributed by atoms with E-state index in [0.717, 1.165) is 27.8 Å².